The van der Waals surface area contributed by atoms with Gasteiger partial charge in [-0.25, -0.2) is 4.79 Å². The van der Waals surface area contributed by atoms with Gasteiger partial charge in [-0.2, -0.15) is 0 Å². The molecule has 1 aliphatic rings. The Kier molecular flexibility index (Phi) is 6.59. The van der Waals surface area contributed by atoms with Crippen LogP contribution in [0.3, 0.4) is 0 Å². The minimum Gasteiger partial charge on any atom is -0.444 e. The van der Waals surface area contributed by atoms with Gasteiger partial charge in [0.05, 0.1) is 18.8 Å². The third-order valence-corrected chi connectivity index (χ3v) is 4.15. The molecule has 0 aromatic heterocycles. The Morgan fingerprint density at radius 1 is 1.20 bits per heavy atom. The Labute approximate surface area is 150 Å². The standard InChI is InChI=1S/C20H29NO4/c1-15(22)13-17-18(24-14-16-9-6-5-7-10-16)11-8-12-21(17)19(23)25-20(2,3)4/h5-7,9-10,17-18H,8,11-14H2,1-4H3/t17-,18+/m1/s1. The number of rotatable bonds is 5. The molecule has 0 N–H and O–H groups in total. The van der Waals surface area contributed by atoms with Crippen LogP contribution in [0.2, 0.25) is 0 Å². The van der Waals surface area contributed by atoms with Gasteiger partial charge in [-0.3, -0.25) is 4.79 Å². The molecule has 5 nitrogen and oxygen atoms in total. The predicted molar refractivity (Wildman–Crippen MR) is 96.3 cm³/mol. The first kappa shape index (κ1) is 19.4. The molecule has 25 heavy (non-hydrogen) atoms. The van der Waals surface area contributed by atoms with Crippen LogP contribution in [0.25, 0.3) is 0 Å². The lowest BCUT2D eigenvalue weighted by Crippen LogP contribution is -2.53. The average molecular weight is 347 g/mol. The van der Waals surface area contributed by atoms with Gasteiger partial charge in [0.2, 0.25) is 0 Å². The van der Waals surface area contributed by atoms with Crippen molar-refractivity contribution < 1.29 is 19.1 Å². The molecular formula is C20H29NO4. The molecule has 1 aromatic carbocycles. The number of hydrogen-bond acceptors (Lipinski definition) is 4. The number of ether oxygens (including phenoxy) is 2. The van der Waals surface area contributed by atoms with Gasteiger partial charge in [-0.05, 0) is 46.1 Å². The topological polar surface area (TPSA) is 55.8 Å². The highest BCUT2D eigenvalue weighted by atomic mass is 16.6. The number of Topliss-reactive ketones (excluding diaryl/α,β-unsaturated/α-hetero) is 1. The van der Waals surface area contributed by atoms with Gasteiger partial charge in [-0.1, -0.05) is 30.3 Å². The summed E-state index contributed by atoms with van der Waals surface area (Å²) < 4.78 is 11.6. The number of benzene rings is 1. The molecule has 2 atom stereocenters. The molecule has 1 fully saturated rings. The summed E-state index contributed by atoms with van der Waals surface area (Å²) in [5.41, 5.74) is 0.522. The van der Waals surface area contributed by atoms with Gasteiger partial charge in [0.25, 0.3) is 0 Å². The van der Waals surface area contributed by atoms with Crippen molar-refractivity contribution in [1.29, 1.82) is 0 Å². The highest BCUT2D eigenvalue weighted by Crippen LogP contribution is 2.26. The molecular weight excluding hydrogens is 318 g/mol. The van der Waals surface area contributed by atoms with Crippen molar-refractivity contribution in [3.8, 4) is 0 Å². The molecule has 5 heteroatoms. The molecule has 1 aliphatic heterocycles. The maximum atomic E-state index is 12.6. The largest absolute Gasteiger partial charge is 0.444 e. The van der Waals surface area contributed by atoms with E-state index in [0.29, 0.717) is 19.6 Å². The van der Waals surface area contributed by atoms with Crippen LogP contribution in [0.4, 0.5) is 4.79 Å². The molecule has 0 saturated carbocycles. The lowest BCUT2D eigenvalue weighted by molar-refractivity contribution is -0.121. The van der Waals surface area contributed by atoms with Gasteiger partial charge in [0, 0.05) is 13.0 Å². The predicted octanol–water partition coefficient (Wildman–Crippen LogP) is 3.95. The average Bonchev–Trinajstić information content (AvgIpc) is 2.52. The summed E-state index contributed by atoms with van der Waals surface area (Å²) in [4.78, 5) is 26.0. The number of carbonyl (C=O) groups excluding carboxylic acids is 2. The van der Waals surface area contributed by atoms with E-state index < -0.39 is 5.60 Å². The fourth-order valence-electron chi connectivity index (χ4n) is 3.08. The molecule has 1 saturated heterocycles. The maximum absolute atomic E-state index is 12.6. The zero-order chi connectivity index (χ0) is 18.4. The summed E-state index contributed by atoms with van der Waals surface area (Å²) in [6.07, 6.45) is 1.44. The first-order chi connectivity index (χ1) is 11.8. The van der Waals surface area contributed by atoms with Gasteiger partial charge in [0.1, 0.15) is 11.4 Å². The molecule has 0 aliphatic carbocycles. The van der Waals surface area contributed by atoms with Crippen molar-refractivity contribution in [3.05, 3.63) is 35.9 Å². The lowest BCUT2D eigenvalue weighted by Gasteiger charge is -2.41. The minimum atomic E-state index is -0.560. The van der Waals surface area contributed by atoms with Crippen molar-refractivity contribution in [1.82, 2.24) is 4.90 Å². The van der Waals surface area contributed by atoms with Crippen LogP contribution in [-0.2, 0) is 20.9 Å². The molecule has 1 aromatic rings. The normalized spacial score (nSPS) is 21.0. The van der Waals surface area contributed by atoms with E-state index in [0.717, 1.165) is 18.4 Å². The van der Waals surface area contributed by atoms with E-state index in [1.165, 1.54) is 0 Å². The number of carbonyl (C=O) groups is 2. The summed E-state index contributed by atoms with van der Waals surface area (Å²) in [5.74, 6) is 0.0498. The lowest BCUT2D eigenvalue weighted by atomic mass is 9.95. The fraction of sp³-hybridized carbons (Fsp3) is 0.600. The third kappa shape index (κ3) is 6.16. The van der Waals surface area contributed by atoms with Crippen LogP contribution in [0.5, 0.6) is 0 Å². The summed E-state index contributed by atoms with van der Waals surface area (Å²) >= 11 is 0. The molecule has 0 radical (unpaired) electrons. The van der Waals surface area contributed by atoms with Crippen molar-refractivity contribution >= 4 is 11.9 Å². The summed E-state index contributed by atoms with van der Waals surface area (Å²) in [5, 5.41) is 0. The molecule has 0 bridgehead atoms. The van der Waals surface area contributed by atoms with Gasteiger partial charge >= 0.3 is 6.09 Å². The molecule has 1 amide bonds. The number of amides is 1. The van der Waals surface area contributed by atoms with Crippen molar-refractivity contribution in [2.24, 2.45) is 0 Å². The second kappa shape index (κ2) is 8.48. The molecule has 1 heterocycles. The van der Waals surface area contributed by atoms with Crippen molar-refractivity contribution in [2.75, 3.05) is 6.54 Å². The highest BCUT2D eigenvalue weighted by molar-refractivity contribution is 5.77. The second-order valence-corrected chi connectivity index (χ2v) is 7.62. The van der Waals surface area contributed by atoms with E-state index >= 15 is 0 Å². The van der Waals surface area contributed by atoms with Gasteiger partial charge in [0.15, 0.2) is 0 Å². The third-order valence-electron chi connectivity index (χ3n) is 4.15. The SMILES string of the molecule is CC(=O)C[C@@H]1[C@@H](OCc2ccccc2)CCCN1C(=O)OC(C)(C)C. The van der Waals surface area contributed by atoms with Crippen LogP contribution in [-0.4, -0.2) is 41.1 Å². The van der Waals surface area contributed by atoms with Gasteiger partial charge in [-0.15, -0.1) is 0 Å². The summed E-state index contributed by atoms with van der Waals surface area (Å²) in [6.45, 7) is 8.16. The van der Waals surface area contributed by atoms with Crippen LogP contribution in [0.15, 0.2) is 30.3 Å². The first-order valence-electron chi connectivity index (χ1n) is 8.91. The zero-order valence-electron chi connectivity index (χ0n) is 15.7. The van der Waals surface area contributed by atoms with Gasteiger partial charge < -0.3 is 14.4 Å². The zero-order valence-corrected chi connectivity index (χ0v) is 15.7. The van der Waals surface area contributed by atoms with Crippen LogP contribution in [0, 0.1) is 0 Å². The van der Waals surface area contributed by atoms with Crippen molar-refractivity contribution in [3.63, 3.8) is 0 Å². The smallest absolute Gasteiger partial charge is 0.410 e. The Hall–Kier alpha value is -1.88. The summed E-state index contributed by atoms with van der Waals surface area (Å²) in [7, 11) is 0. The van der Waals surface area contributed by atoms with Crippen LogP contribution in [0.1, 0.15) is 52.5 Å². The monoisotopic (exact) mass is 347 g/mol. The number of hydrogen-bond donors (Lipinski definition) is 0. The molecule has 0 unspecified atom stereocenters. The number of likely N-dealkylation sites (tertiary alicyclic amines) is 1. The second-order valence-electron chi connectivity index (χ2n) is 7.62. The van der Waals surface area contributed by atoms with E-state index in [4.69, 9.17) is 9.47 Å². The van der Waals surface area contributed by atoms with E-state index in [1.807, 2.05) is 51.1 Å². The Morgan fingerprint density at radius 3 is 2.48 bits per heavy atom. The number of nitrogens with zero attached hydrogens (tertiary/aromatic N) is 1. The Balaban J connectivity index is 2.08. The Morgan fingerprint density at radius 2 is 1.88 bits per heavy atom. The Bertz CT molecular complexity index is 579. The quantitative estimate of drug-likeness (QED) is 0.809. The van der Waals surface area contributed by atoms with Crippen LogP contribution < -0.4 is 0 Å². The van der Waals surface area contributed by atoms with E-state index in [2.05, 4.69) is 0 Å². The molecule has 0 spiro atoms. The minimum absolute atomic E-state index is 0.0498. The van der Waals surface area contributed by atoms with E-state index in [9.17, 15) is 9.59 Å². The first-order valence-corrected chi connectivity index (χ1v) is 8.91. The highest BCUT2D eigenvalue weighted by Gasteiger charge is 2.37. The number of ketones is 1. The van der Waals surface area contributed by atoms with E-state index in [1.54, 1.807) is 11.8 Å². The maximum Gasteiger partial charge on any atom is 0.410 e. The van der Waals surface area contributed by atoms with Crippen LogP contribution >= 0.6 is 0 Å². The fourth-order valence-corrected chi connectivity index (χ4v) is 3.08. The molecule has 2 rings (SSSR count). The molecule has 138 valence electrons. The summed E-state index contributed by atoms with van der Waals surface area (Å²) in [6, 6.07) is 9.65. The van der Waals surface area contributed by atoms with Crippen molar-refractivity contribution in [2.45, 2.75) is 71.3 Å². The number of piperidine rings is 1. The van der Waals surface area contributed by atoms with E-state index in [-0.39, 0.29) is 24.0 Å².